The van der Waals surface area contributed by atoms with Crippen molar-refractivity contribution in [2.45, 2.75) is 25.3 Å². The second-order valence-electron chi connectivity index (χ2n) is 5.51. The van der Waals surface area contributed by atoms with Crippen LogP contribution in [0.15, 0.2) is 41.1 Å². The molecule has 3 aromatic rings. The van der Waals surface area contributed by atoms with Crippen molar-refractivity contribution in [1.82, 2.24) is 20.4 Å². The lowest BCUT2D eigenvalue weighted by molar-refractivity contribution is 0.345. The lowest BCUT2D eigenvalue weighted by Gasteiger charge is -2.08. The van der Waals surface area contributed by atoms with E-state index in [4.69, 9.17) is 4.52 Å². The average Bonchev–Trinajstić information content (AvgIpc) is 3.15. The molecule has 1 fully saturated rings. The molecular weight excluding hydrogens is 264 g/mol. The SMILES string of the molecule is CC1NCCC1c1nc(-c2ccc3ncccc3c2)no1. The van der Waals surface area contributed by atoms with Crippen LogP contribution in [-0.4, -0.2) is 27.7 Å². The highest BCUT2D eigenvalue weighted by Gasteiger charge is 2.29. The standard InChI is InChI=1S/C16H16N4O/c1-10-13(6-8-17-10)16-19-15(20-21-16)12-4-5-14-11(9-12)3-2-7-18-14/h2-5,7,9-10,13,17H,6,8H2,1H3. The van der Waals surface area contributed by atoms with Crippen LogP contribution in [-0.2, 0) is 0 Å². The van der Waals surface area contributed by atoms with Crippen LogP contribution in [0, 0.1) is 0 Å². The summed E-state index contributed by atoms with van der Waals surface area (Å²) in [6, 6.07) is 10.4. The van der Waals surface area contributed by atoms with Gasteiger partial charge in [0.05, 0.1) is 11.4 Å². The number of fused-ring (bicyclic) bond motifs is 1. The monoisotopic (exact) mass is 280 g/mol. The molecule has 0 saturated carbocycles. The molecule has 0 aliphatic carbocycles. The van der Waals surface area contributed by atoms with Crippen LogP contribution in [0.4, 0.5) is 0 Å². The van der Waals surface area contributed by atoms with Crippen LogP contribution < -0.4 is 5.32 Å². The summed E-state index contributed by atoms with van der Waals surface area (Å²) in [4.78, 5) is 8.90. The smallest absolute Gasteiger partial charge is 0.231 e. The molecule has 1 aliphatic rings. The summed E-state index contributed by atoms with van der Waals surface area (Å²) in [5.41, 5.74) is 1.93. The molecule has 0 bridgehead atoms. The third-order valence-corrected chi connectivity index (χ3v) is 4.15. The van der Waals surface area contributed by atoms with Gasteiger partial charge in [-0.15, -0.1) is 0 Å². The van der Waals surface area contributed by atoms with Crippen LogP contribution in [0.25, 0.3) is 22.3 Å². The van der Waals surface area contributed by atoms with Gasteiger partial charge in [0.15, 0.2) is 0 Å². The fourth-order valence-electron chi connectivity index (χ4n) is 2.91. The van der Waals surface area contributed by atoms with Crippen molar-refractivity contribution in [2.24, 2.45) is 0 Å². The highest BCUT2D eigenvalue weighted by molar-refractivity contribution is 5.82. The van der Waals surface area contributed by atoms with E-state index < -0.39 is 0 Å². The molecule has 0 radical (unpaired) electrons. The third-order valence-electron chi connectivity index (χ3n) is 4.15. The molecule has 0 amide bonds. The summed E-state index contributed by atoms with van der Waals surface area (Å²) in [6.07, 6.45) is 2.84. The van der Waals surface area contributed by atoms with E-state index in [1.807, 2.05) is 30.3 Å². The van der Waals surface area contributed by atoms with Gasteiger partial charge in [0.1, 0.15) is 0 Å². The van der Waals surface area contributed by atoms with E-state index >= 15 is 0 Å². The number of nitrogens with zero attached hydrogens (tertiary/aromatic N) is 3. The average molecular weight is 280 g/mol. The summed E-state index contributed by atoms with van der Waals surface area (Å²) in [5.74, 6) is 1.69. The van der Waals surface area contributed by atoms with E-state index in [2.05, 4.69) is 27.4 Å². The number of aromatic nitrogens is 3. The maximum absolute atomic E-state index is 5.47. The van der Waals surface area contributed by atoms with Gasteiger partial charge in [0, 0.05) is 23.2 Å². The Kier molecular flexibility index (Phi) is 2.93. The summed E-state index contributed by atoms with van der Waals surface area (Å²) in [5, 5.41) is 8.62. The van der Waals surface area contributed by atoms with Crippen molar-refractivity contribution in [3.05, 3.63) is 42.4 Å². The second kappa shape index (κ2) is 4.93. The van der Waals surface area contributed by atoms with E-state index in [1.54, 1.807) is 6.20 Å². The Bertz CT molecular complexity index is 783. The molecular formula is C16H16N4O. The Hall–Kier alpha value is -2.27. The maximum atomic E-state index is 5.47. The minimum absolute atomic E-state index is 0.313. The van der Waals surface area contributed by atoms with Crippen LogP contribution >= 0.6 is 0 Å². The summed E-state index contributed by atoms with van der Waals surface area (Å²) in [6.45, 7) is 3.16. The number of rotatable bonds is 2. The van der Waals surface area contributed by atoms with E-state index in [1.165, 1.54) is 0 Å². The zero-order valence-electron chi connectivity index (χ0n) is 11.8. The molecule has 5 heteroatoms. The Morgan fingerprint density at radius 3 is 3.10 bits per heavy atom. The predicted molar refractivity (Wildman–Crippen MR) is 79.9 cm³/mol. The Morgan fingerprint density at radius 2 is 2.24 bits per heavy atom. The zero-order valence-corrected chi connectivity index (χ0v) is 11.8. The highest BCUT2D eigenvalue weighted by atomic mass is 16.5. The van der Waals surface area contributed by atoms with Crippen molar-refractivity contribution in [2.75, 3.05) is 6.54 Å². The van der Waals surface area contributed by atoms with E-state index in [0.717, 1.165) is 35.3 Å². The first-order chi connectivity index (χ1) is 10.3. The van der Waals surface area contributed by atoms with Gasteiger partial charge in [-0.25, -0.2) is 0 Å². The van der Waals surface area contributed by atoms with Gasteiger partial charge in [-0.1, -0.05) is 11.2 Å². The van der Waals surface area contributed by atoms with Gasteiger partial charge in [0.25, 0.3) is 0 Å². The molecule has 5 nitrogen and oxygen atoms in total. The maximum Gasteiger partial charge on any atom is 0.231 e. The van der Waals surface area contributed by atoms with Crippen molar-refractivity contribution < 1.29 is 4.52 Å². The molecule has 2 unspecified atom stereocenters. The largest absolute Gasteiger partial charge is 0.339 e. The number of hydrogen-bond acceptors (Lipinski definition) is 5. The van der Waals surface area contributed by atoms with Crippen LogP contribution in [0.3, 0.4) is 0 Å². The van der Waals surface area contributed by atoms with Gasteiger partial charge in [-0.2, -0.15) is 4.98 Å². The summed E-state index contributed by atoms with van der Waals surface area (Å²) < 4.78 is 5.47. The zero-order chi connectivity index (χ0) is 14.2. The third kappa shape index (κ3) is 2.19. The predicted octanol–water partition coefficient (Wildman–Crippen LogP) is 2.75. The molecule has 3 heterocycles. The molecule has 21 heavy (non-hydrogen) atoms. The lowest BCUT2D eigenvalue weighted by Crippen LogP contribution is -2.21. The molecule has 2 atom stereocenters. The van der Waals surface area contributed by atoms with Crippen molar-refractivity contribution in [1.29, 1.82) is 0 Å². The van der Waals surface area contributed by atoms with Crippen molar-refractivity contribution in [3.63, 3.8) is 0 Å². The quantitative estimate of drug-likeness (QED) is 0.782. The van der Waals surface area contributed by atoms with Gasteiger partial charge in [-0.3, -0.25) is 4.98 Å². The number of pyridine rings is 1. The van der Waals surface area contributed by atoms with E-state index in [9.17, 15) is 0 Å². The molecule has 1 aliphatic heterocycles. The summed E-state index contributed by atoms with van der Waals surface area (Å²) in [7, 11) is 0. The summed E-state index contributed by atoms with van der Waals surface area (Å²) >= 11 is 0. The fourth-order valence-corrected chi connectivity index (χ4v) is 2.91. The molecule has 106 valence electrons. The molecule has 2 aromatic heterocycles. The highest BCUT2D eigenvalue weighted by Crippen LogP contribution is 2.28. The Balaban J connectivity index is 1.70. The lowest BCUT2D eigenvalue weighted by atomic mass is 10.0. The van der Waals surface area contributed by atoms with Gasteiger partial charge in [0.2, 0.25) is 11.7 Å². The first kappa shape index (κ1) is 12.5. The molecule has 1 N–H and O–H groups in total. The molecule has 0 spiro atoms. The van der Waals surface area contributed by atoms with Gasteiger partial charge < -0.3 is 9.84 Å². The normalized spacial score (nSPS) is 22.0. The topological polar surface area (TPSA) is 63.8 Å². The fraction of sp³-hybridized carbons (Fsp3) is 0.312. The minimum Gasteiger partial charge on any atom is -0.339 e. The van der Waals surface area contributed by atoms with Crippen LogP contribution in [0.5, 0.6) is 0 Å². The van der Waals surface area contributed by atoms with Crippen LogP contribution in [0.1, 0.15) is 25.2 Å². The van der Waals surface area contributed by atoms with Crippen molar-refractivity contribution >= 4 is 10.9 Å². The first-order valence-corrected chi connectivity index (χ1v) is 7.23. The van der Waals surface area contributed by atoms with E-state index in [0.29, 0.717) is 17.8 Å². The number of benzene rings is 1. The number of hydrogen-bond donors (Lipinski definition) is 1. The van der Waals surface area contributed by atoms with Gasteiger partial charge >= 0.3 is 0 Å². The minimum atomic E-state index is 0.313. The van der Waals surface area contributed by atoms with Gasteiger partial charge in [-0.05, 0) is 44.2 Å². The molecule has 1 aromatic carbocycles. The van der Waals surface area contributed by atoms with Crippen molar-refractivity contribution in [3.8, 4) is 11.4 Å². The molecule has 1 saturated heterocycles. The van der Waals surface area contributed by atoms with Crippen LogP contribution in [0.2, 0.25) is 0 Å². The first-order valence-electron chi connectivity index (χ1n) is 7.23. The Labute approximate surface area is 122 Å². The number of nitrogens with one attached hydrogen (secondary N) is 1. The Morgan fingerprint density at radius 1 is 1.29 bits per heavy atom. The van der Waals surface area contributed by atoms with E-state index in [-0.39, 0.29) is 0 Å². The molecule has 4 rings (SSSR count). The second-order valence-corrected chi connectivity index (χ2v) is 5.51.